The molecule has 1 saturated heterocycles. The maximum Gasteiger partial charge on any atom is 0.222 e. The number of ether oxygens (including phenoxy) is 4. The van der Waals surface area contributed by atoms with Crippen LogP contribution in [0.15, 0.2) is 96.4 Å². The number of hydrogen-bond donors (Lipinski definition) is 1. The largest absolute Gasteiger partial charge is 0.374 e. The van der Waals surface area contributed by atoms with Gasteiger partial charge in [0.15, 0.2) is 0 Å². The number of anilines is 1. The lowest BCUT2D eigenvalue weighted by molar-refractivity contribution is -0.147. The van der Waals surface area contributed by atoms with Crippen LogP contribution in [0.2, 0.25) is 5.15 Å². The molecule has 0 aliphatic carbocycles. The molecule has 0 saturated carbocycles. The average Bonchev–Trinajstić information content (AvgIpc) is 3.55. The molecule has 3 heterocycles. The molecule has 0 unspecified atom stereocenters. The zero-order chi connectivity index (χ0) is 28.9. The van der Waals surface area contributed by atoms with Gasteiger partial charge in [0.1, 0.15) is 29.1 Å². The molecule has 216 valence electrons. The first kappa shape index (κ1) is 28.7. The lowest BCUT2D eigenvalue weighted by Crippen LogP contribution is -2.47. The number of fused-ring (bicyclic) bond motifs is 1. The van der Waals surface area contributed by atoms with Crippen molar-refractivity contribution in [2.45, 2.75) is 50.7 Å². The van der Waals surface area contributed by atoms with Crippen molar-refractivity contribution in [1.29, 1.82) is 0 Å². The van der Waals surface area contributed by atoms with Crippen molar-refractivity contribution in [1.82, 2.24) is 9.97 Å². The average molecular weight is 602 g/mol. The first-order valence-corrected chi connectivity index (χ1v) is 15.1. The molecule has 3 aromatic carbocycles. The molecule has 9 heteroatoms. The van der Waals surface area contributed by atoms with Crippen LogP contribution < -0.4 is 5.73 Å². The van der Waals surface area contributed by atoms with Gasteiger partial charge in [0.25, 0.3) is 0 Å². The molecule has 0 amide bonds. The Morgan fingerprint density at radius 3 is 2.10 bits per heavy atom. The van der Waals surface area contributed by atoms with Crippen LogP contribution in [-0.2, 0) is 38.8 Å². The quantitative estimate of drug-likeness (QED) is 0.161. The SMILES string of the molecule is C[C@@]1(OCc2ccccc2)[C@H](OCc2ccccc2)[C@@H](COCc2ccccc2)O[C@H]1c1scc2c(Cl)nc(N)nc12. The maximum absolute atomic E-state index is 6.83. The lowest BCUT2D eigenvalue weighted by atomic mass is 9.90. The Kier molecular flexibility index (Phi) is 8.81. The number of hydrogen-bond acceptors (Lipinski definition) is 8. The molecule has 42 heavy (non-hydrogen) atoms. The summed E-state index contributed by atoms with van der Waals surface area (Å²) in [5, 5.41) is 2.97. The highest BCUT2D eigenvalue weighted by Crippen LogP contribution is 2.50. The fourth-order valence-corrected chi connectivity index (χ4v) is 6.78. The van der Waals surface area contributed by atoms with Gasteiger partial charge in [0, 0.05) is 10.8 Å². The van der Waals surface area contributed by atoms with E-state index in [9.17, 15) is 0 Å². The van der Waals surface area contributed by atoms with Crippen molar-refractivity contribution in [3.05, 3.63) is 123 Å². The molecule has 5 aromatic rings. The summed E-state index contributed by atoms with van der Waals surface area (Å²) < 4.78 is 26.5. The summed E-state index contributed by atoms with van der Waals surface area (Å²) in [6.45, 7) is 3.59. The van der Waals surface area contributed by atoms with Crippen molar-refractivity contribution in [3.8, 4) is 0 Å². The van der Waals surface area contributed by atoms with E-state index in [0.717, 1.165) is 27.0 Å². The molecule has 2 N–H and O–H groups in total. The van der Waals surface area contributed by atoms with E-state index in [2.05, 4.69) is 9.97 Å². The zero-order valence-electron chi connectivity index (χ0n) is 23.2. The molecule has 0 bridgehead atoms. The predicted molar refractivity (Wildman–Crippen MR) is 165 cm³/mol. The molecular weight excluding hydrogens is 570 g/mol. The van der Waals surface area contributed by atoms with Gasteiger partial charge in [-0.25, -0.2) is 9.97 Å². The Labute approximate surface area is 254 Å². The minimum Gasteiger partial charge on any atom is -0.374 e. The van der Waals surface area contributed by atoms with Crippen molar-refractivity contribution in [2.75, 3.05) is 12.3 Å². The van der Waals surface area contributed by atoms with Crippen LogP contribution in [0.25, 0.3) is 10.9 Å². The summed E-state index contributed by atoms with van der Waals surface area (Å²) in [5.74, 6) is 0.108. The van der Waals surface area contributed by atoms with Crippen LogP contribution in [0.3, 0.4) is 0 Å². The maximum atomic E-state index is 6.83. The fourth-order valence-electron chi connectivity index (χ4n) is 5.33. The lowest BCUT2D eigenvalue weighted by Gasteiger charge is -2.35. The number of nitrogens with two attached hydrogens (primary N) is 1. The monoisotopic (exact) mass is 601 g/mol. The molecule has 1 fully saturated rings. The summed E-state index contributed by atoms with van der Waals surface area (Å²) in [6.07, 6.45) is -1.41. The third-order valence-corrected chi connectivity index (χ3v) is 8.79. The Hall–Kier alpha value is -3.37. The van der Waals surface area contributed by atoms with Crippen LogP contribution in [0, 0.1) is 0 Å². The van der Waals surface area contributed by atoms with Gasteiger partial charge in [-0.15, -0.1) is 11.3 Å². The summed E-state index contributed by atoms with van der Waals surface area (Å²) in [5.41, 5.74) is 8.97. The van der Waals surface area contributed by atoms with Crippen LogP contribution >= 0.6 is 22.9 Å². The van der Waals surface area contributed by atoms with Gasteiger partial charge >= 0.3 is 0 Å². The van der Waals surface area contributed by atoms with Gasteiger partial charge < -0.3 is 24.7 Å². The third kappa shape index (κ3) is 6.20. The van der Waals surface area contributed by atoms with Crippen molar-refractivity contribution in [2.24, 2.45) is 0 Å². The Bertz CT molecular complexity index is 1610. The number of rotatable bonds is 11. The summed E-state index contributed by atoms with van der Waals surface area (Å²) >= 11 is 7.96. The predicted octanol–water partition coefficient (Wildman–Crippen LogP) is 7.14. The highest BCUT2D eigenvalue weighted by Gasteiger charge is 2.57. The van der Waals surface area contributed by atoms with Gasteiger partial charge in [-0.2, -0.15) is 0 Å². The van der Waals surface area contributed by atoms with Crippen LogP contribution in [0.5, 0.6) is 0 Å². The van der Waals surface area contributed by atoms with Gasteiger partial charge in [-0.3, -0.25) is 0 Å². The molecule has 1 aliphatic rings. The van der Waals surface area contributed by atoms with Crippen LogP contribution in [0.1, 0.15) is 34.6 Å². The summed E-state index contributed by atoms with van der Waals surface area (Å²) in [7, 11) is 0. The molecule has 7 nitrogen and oxygen atoms in total. The second-order valence-electron chi connectivity index (χ2n) is 10.5. The third-order valence-electron chi connectivity index (χ3n) is 7.48. The number of benzene rings is 3. The Balaban J connectivity index is 1.35. The second kappa shape index (κ2) is 12.9. The molecular formula is C33H32ClN3O4S. The van der Waals surface area contributed by atoms with Gasteiger partial charge in [0.2, 0.25) is 5.95 Å². The van der Waals surface area contributed by atoms with Gasteiger partial charge in [0.05, 0.1) is 36.8 Å². The first-order chi connectivity index (χ1) is 20.5. The van der Waals surface area contributed by atoms with E-state index in [1.807, 2.05) is 103 Å². The minimum atomic E-state index is -0.907. The van der Waals surface area contributed by atoms with Crippen molar-refractivity contribution < 1.29 is 18.9 Å². The van der Waals surface area contributed by atoms with E-state index in [4.69, 9.17) is 36.3 Å². The molecule has 6 rings (SSSR count). The van der Waals surface area contributed by atoms with E-state index in [1.54, 1.807) is 0 Å². The number of thiophene rings is 1. The van der Waals surface area contributed by atoms with E-state index in [1.165, 1.54) is 11.3 Å². The standard InChI is InChI=1S/C33H32ClN3O4S/c1-33(40-19-24-15-9-4-10-16-24)29(39-18-23-13-7-3-8-14-23)26(20-38-17-22-11-5-2-6-12-22)41-30(33)28-27-25(21-42-28)31(34)37-32(35)36-27/h2-16,21,26,29-30H,17-20H2,1H3,(H2,35,36)/t26-,29-,30+,33-/m1/s1. The normalized spacial score (nSPS) is 22.1. The molecule has 0 radical (unpaired) electrons. The van der Waals surface area contributed by atoms with Gasteiger partial charge in [-0.1, -0.05) is 103 Å². The molecule has 2 aromatic heterocycles. The smallest absolute Gasteiger partial charge is 0.222 e. The van der Waals surface area contributed by atoms with Gasteiger partial charge in [-0.05, 0) is 23.6 Å². The van der Waals surface area contributed by atoms with Crippen LogP contribution in [-0.4, -0.2) is 34.4 Å². The second-order valence-corrected chi connectivity index (χ2v) is 11.7. The van der Waals surface area contributed by atoms with Crippen LogP contribution in [0.4, 0.5) is 5.95 Å². The molecule has 1 aliphatic heterocycles. The topological polar surface area (TPSA) is 88.7 Å². The number of aromatic nitrogens is 2. The Morgan fingerprint density at radius 2 is 1.45 bits per heavy atom. The summed E-state index contributed by atoms with van der Waals surface area (Å²) in [6, 6.07) is 30.3. The van der Waals surface area contributed by atoms with E-state index in [-0.39, 0.29) is 5.95 Å². The highest BCUT2D eigenvalue weighted by molar-refractivity contribution is 7.11. The number of nitrogen functional groups attached to an aromatic ring is 1. The molecule has 4 atom stereocenters. The Morgan fingerprint density at radius 1 is 0.857 bits per heavy atom. The first-order valence-electron chi connectivity index (χ1n) is 13.8. The van der Waals surface area contributed by atoms with Crippen molar-refractivity contribution >= 4 is 39.8 Å². The zero-order valence-corrected chi connectivity index (χ0v) is 24.8. The van der Waals surface area contributed by atoms with Crippen molar-refractivity contribution in [3.63, 3.8) is 0 Å². The molecule has 0 spiro atoms. The van der Waals surface area contributed by atoms with E-state index >= 15 is 0 Å². The fraction of sp³-hybridized carbons (Fsp3) is 0.273. The minimum absolute atomic E-state index is 0.108. The van der Waals surface area contributed by atoms with E-state index < -0.39 is 23.9 Å². The summed E-state index contributed by atoms with van der Waals surface area (Å²) in [4.78, 5) is 9.55. The highest BCUT2D eigenvalue weighted by atomic mass is 35.5. The number of nitrogens with zero attached hydrogens (tertiary/aromatic N) is 2. The van der Waals surface area contributed by atoms with E-state index in [0.29, 0.717) is 37.1 Å². The number of halogens is 1.